The summed E-state index contributed by atoms with van der Waals surface area (Å²) in [4.78, 5) is 36.0. The van der Waals surface area contributed by atoms with Gasteiger partial charge in [-0.05, 0) is 36.4 Å². The molecule has 0 spiro atoms. The van der Waals surface area contributed by atoms with Crippen molar-refractivity contribution in [3.8, 4) is 5.75 Å². The molecule has 0 bridgehead atoms. The maximum Gasteiger partial charge on any atom is 0.321 e. The summed E-state index contributed by atoms with van der Waals surface area (Å²) in [6, 6.07) is 10.6. The fourth-order valence-corrected chi connectivity index (χ4v) is 2.62. The Balaban J connectivity index is 1.74. The SMILES string of the molecule is COc1ccc(C(=O)Nc2ccc(N3CCNC3=O)cc2)cc1[N+](=O)[O-]. The van der Waals surface area contributed by atoms with Gasteiger partial charge in [0, 0.05) is 36.1 Å². The second kappa shape index (κ2) is 7.09. The zero-order valence-corrected chi connectivity index (χ0v) is 13.9. The van der Waals surface area contributed by atoms with Crippen LogP contribution in [0.3, 0.4) is 0 Å². The Bertz CT molecular complexity index is 866. The van der Waals surface area contributed by atoms with Crippen molar-refractivity contribution in [2.75, 3.05) is 30.4 Å². The number of nitro benzene ring substituents is 1. The Hall–Kier alpha value is -3.62. The topological polar surface area (TPSA) is 114 Å². The first-order chi connectivity index (χ1) is 12.5. The second-order valence-electron chi connectivity index (χ2n) is 5.53. The van der Waals surface area contributed by atoms with Crippen LogP contribution in [0.4, 0.5) is 21.9 Å². The van der Waals surface area contributed by atoms with E-state index in [1.807, 2.05) is 0 Å². The smallest absolute Gasteiger partial charge is 0.321 e. The van der Waals surface area contributed by atoms with E-state index in [2.05, 4.69) is 10.6 Å². The van der Waals surface area contributed by atoms with Crippen LogP contribution in [0, 0.1) is 10.1 Å². The van der Waals surface area contributed by atoms with E-state index in [1.54, 1.807) is 29.2 Å². The van der Waals surface area contributed by atoms with E-state index in [-0.39, 0.29) is 23.0 Å². The van der Waals surface area contributed by atoms with Crippen molar-refractivity contribution in [1.82, 2.24) is 5.32 Å². The number of hydrogen-bond donors (Lipinski definition) is 2. The molecule has 1 aliphatic heterocycles. The number of anilines is 2. The number of nitrogens with zero attached hydrogens (tertiary/aromatic N) is 2. The molecule has 9 nitrogen and oxygen atoms in total. The first-order valence-corrected chi connectivity index (χ1v) is 7.79. The third kappa shape index (κ3) is 3.41. The van der Waals surface area contributed by atoms with Gasteiger partial charge in [0.1, 0.15) is 0 Å². The van der Waals surface area contributed by atoms with Gasteiger partial charge in [0.05, 0.1) is 12.0 Å². The molecule has 134 valence electrons. The minimum atomic E-state index is -0.606. The minimum absolute atomic E-state index is 0.0831. The predicted molar refractivity (Wildman–Crippen MR) is 94.8 cm³/mol. The molecule has 2 N–H and O–H groups in total. The Labute approximate surface area is 148 Å². The number of benzene rings is 2. The molecule has 1 saturated heterocycles. The van der Waals surface area contributed by atoms with Crippen LogP contribution in [0.5, 0.6) is 5.75 Å². The molecule has 0 aromatic heterocycles. The lowest BCUT2D eigenvalue weighted by Crippen LogP contribution is -2.27. The maximum absolute atomic E-state index is 12.3. The lowest BCUT2D eigenvalue weighted by atomic mass is 10.1. The van der Waals surface area contributed by atoms with E-state index < -0.39 is 10.8 Å². The fourth-order valence-electron chi connectivity index (χ4n) is 2.62. The molecule has 1 heterocycles. The number of rotatable bonds is 5. The summed E-state index contributed by atoms with van der Waals surface area (Å²) >= 11 is 0. The molecular formula is C17H16N4O5. The van der Waals surface area contributed by atoms with E-state index in [0.717, 1.165) is 11.8 Å². The minimum Gasteiger partial charge on any atom is -0.490 e. The lowest BCUT2D eigenvalue weighted by Gasteiger charge is -2.14. The Morgan fingerprint density at radius 2 is 2.00 bits per heavy atom. The second-order valence-corrected chi connectivity index (χ2v) is 5.53. The van der Waals surface area contributed by atoms with Crippen LogP contribution in [-0.2, 0) is 0 Å². The molecule has 2 aromatic carbocycles. The fraction of sp³-hybridized carbons (Fsp3) is 0.176. The largest absolute Gasteiger partial charge is 0.490 e. The number of carbonyl (C=O) groups excluding carboxylic acids is 2. The van der Waals surface area contributed by atoms with Crippen LogP contribution in [0.2, 0.25) is 0 Å². The molecule has 0 aliphatic carbocycles. The quantitative estimate of drug-likeness (QED) is 0.631. The van der Waals surface area contributed by atoms with Gasteiger partial charge in [0.2, 0.25) is 0 Å². The standard InChI is InChI=1S/C17H16N4O5/c1-26-15-7-2-11(10-14(15)21(24)25)16(22)19-12-3-5-13(6-4-12)20-9-8-18-17(20)23/h2-7,10H,8-9H2,1H3,(H,18,23)(H,19,22). The number of nitro groups is 1. The van der Waals surface area contributed by atoms with Crippen molar-refractivity contribution in [3.05, 3.63) is 58.1 Å². The van der Waals surface area contributed by atoms with Gasteiger partial charge in [-0.25, -0.2) is 4.79 Å². The molecule has 0 unspecified atom stereocenters. The van der Waals surface area contributed by atoms with E-state index in [4.69, 9.17) is 4.74 Å². The summed E-state index contributed by atoms with van der Waals surface area (Å²) in [5, 5.41) is 16.4. The molecule has 0 radical (unpaired) electrons. The summed E-state index contributed by atoms with van der Waals surface area (Å²) in [5.74, 6) is -0.401. The van der Waals surface area contributed by atoms with Gasteiger partial charge in [-0.3, -0.25) is 19.8 Å². The van der Waals surface area contributed by atoms with Crippen molar-refractivity contribution < 1.29 is 19.2 Å². The lowest BCUT2D eigenvalue weighted by molar-refractivity contribution is -0.385. The van der Waals surface area contributed by atoms with E-state index >= 15 is 0 Å². The van der Waals surface area contributed by atoms with Crippen LogP contribution in [0.1, 0.15) is 10.4 Å². The van der Waals surface area contributed by atoms with Crippen LogP contribution in [0.15, 0.2) is 42.5 Å². The van der Waals surface area contributed by atoms with Crippen LogP contribution in [-0.4, -0.2) is 37.1 Å². The van der Waals surface area contributed by atoms with Crippen molar-refractivity contribution in [2.24, 2.45) is 0 Å². The van der Waals surface area contributed by atoms with Gasteiger partial charge in [-0.1, -0.05) is 0 Å². The van der Waals surface area contributed by atoms with Crippen LogP contribution < -0.4 is 20.3 Å². The molecular weight excluding hydrogens is 340 g/mol. The average Bonchev–Trinajstić information content (AvgIpc) is 3.07. The molecule has 0 atom stereocenters. The van der Waals surface area contributed by atoms with Crippen molar-refractivity contribution in [3.63, 3.8) is 0 Å². The van der Waals surface area contributed by atoms with Gasteiger partial charge in [0.25, 0.3) is 5.91 Å². The zero-order chi connectivity index (χ0) is 18.7. The molecule has 26 heavy (non-hydrogen) atoms. The molecule has 0 saturated carbocycles. The highest BCUT2D eigenvalue weighted by Crippen LogP contribution is 2.28. The Morgan fingerprint density at radius 1 is 1.27 bits per heavy atom. The van der Waals surface area contributed by atoms with Gasteiger partial charge in [-0.2, -0.15) is 0 Å². The van der Waals surface area contributed by atoms with Gasteiger partial charge >= 0.3 is 11.7 Å². The third-order valence-corrected chi connectivity index (χ3v) is 3.93. The molecule has 9 heteroatoms. The van der Waals surface area contributed by atoms with E-state index in [9.17, 15) is 19.7 Å². The maximum atomic E-state index is 12.3. The van der Waals surface area contributed by atoms with Crippen LogP contribution >= 0.6 is 0 Å². The molecule has 1 aliphatic rings. The molecule has 3 rings (SSSR count). The van der Waals surface area contributed by atoms with Crippen molar-refractivity contribution >= 4 is 29.0 Å². The van der Waals surface area contributed by atoms with Crippen molar-refractivity contribution in [2.45, 2.75) is 0 Å². The first kappa shape index (κ1) is 17.2. The molecule has 1 fully saturated rings. The normalized spacial score (nSPS) is 13.3. The zero-order valence-electron chi connectivity index (χ0n) is 13.9. The monoisotopic (exact) mass is 356 g/mol. The molecule has 3 amide bonds. The number of urea groups is 1. The molecule has 2 aromatic rings. The van der Waals surface area contributed by atoms with Gasteiger partial charge in [-0.15, -0.1) is 0 Å². The average molecular weight is 356 g/mol. The number of hydrogen-bond acceptors (Lipinski definition) is 5. The summed E-state index contributed by atoms with van der Waals surface area (Å²) < 4.78 is 4.92. The number of amides is 3. The number of ether oxygens (including phenoxy) is 1. The number of carbonyl (C=O) groups is 2. The Morgan fingerprint density at radius 3 is 2.58 bits per heavy atom. The van der Waals surface area contributed by atoms with Gasteiger partial charge < -0.3 is 15.4 Å². The van der Waals surface area contributed by atoms with E-state index in [0.29, 0.717) is 18.8 Å². The van der Waals surface area contributed by atoms with Gasteiger partial charge in [0.15, 0.2) is 5.75 Å². The van der Waals surface area contributed by atoms with E-state index in [1.165, 1.54) is 19.2 Å². The number of methoxy groups -OCH3 is 1. The highest BCUT2D eigenvalue weighted by Gasteiger charge is 2.21. The Kier molecular flexibility index (Phi) is 4.70. The highest BCUT2D eigenvalue weighted by molar-refractivity contribution is 6.05. The summed E-state index contributed by atoms with van der Waals surface area (Å²) in [6.07, 6.45) is 0. The summed E-state index contributed by atoms with van der Waals surface area (Å²) in [5.41, 5.74) is 1.09. The first-order valence-electron chi connectivity index (χ1n) is 7.79. The summed E-state index contributed by atoms with van der Waals surface area (Å²) in [6.45, 7) is 1.17. The number of nitrogens with one attached hydrogen (secondary N) is 2. The summed E-state index contributed by atoms with van der Waals surface area (Å²) in [7, 11) is 1.32. The van der Waals surface area contributed by atoms with Crippen LogP contribution in [0.25, 0.3) is 0 Å². The van der Waals surface area contributed by atoms with Crippen molar-refractivity contribution in [1.29, 1.82) is 0 Å². The predicted octanol–water partition coefficient (Wildman–Crippen LogP) is 2.39. The third-order valence-electron chi connectivity index (χ3n) is 3.93. The highest BCUT2D eigenvalue weighted by atomic mass is 16.6.